The van der Waals surface area contributed by atoms with Crippen molar-refractivity contribution in [3.8, 4) is 0 Å². The Kier molecular flexibility index (Phi) is 5.62. The maximum Gasteiger partial charge on any atom is 0.145 e. The van der Waals surface area contributed by atoms with Crippen LogP contribution in [-0.4, -0.2) is 16.5 Å². The van der Waals surface area contributed by atoms with Gasteiger partial charge in [0.1, 0.15) is 5.78 Å². The lowest BCUT2D eigenvalue weighted by atomic mass is 9.50. The van der Waals surface area contributed by atoms with Crippen molar-refractivity contribution < 1.29 is 9.90 Å². The molecule has 160 valence electrons. The lowest BCUT2D eigenvalue weighted by molar-refractivity contribution is -0.153. The first-order valence-electron chi connectivity index (χ1n) is 10.9. The molecule has 0 amide bonds. The van der Waals surface area contributed by atoms with Crippen LogP contribution < -0.4 is 0 Å². The van der Waals surface area contributed by atoms with E-state index in [0.29, 0.717) is 6.42 Å². The van der Waals surface area contributed by atoms with Gasteiger partial charge in [0.15, 0.2) is 0 Å². The van der Waals surface area contributed by atoms with Gasteiger partial charge in [0.25, 0.3) is 0 Å². The standard InChI is InChI=1S/C28H36O2/c1-25(2,3)24(29)23-27(7,22-16-12-9-13-17-22)18-21(20-14-10-8-11-15-20)19-28(23,30)26(4,5)6/h8-17,19,23,30H,18H2,1-7H3/t23-,27+,28+/m1/s1. The molecule has 0 heterocycles. The third-order valence-corrected chi connectivity index (χ3v) is 6.81. The summed E-state index contributed by atoms with van der Waals surface area (Å²) in [6.45, 7) is 14.1. The first kappa shape index (κ1) is 22.5. The summed E-state index contributed by atoms with van der Waals surface area (Å²) < 4.78 is 0. The Bertz CT molecular complexity index is 928. The van der Waals surface area contributed by atoms with Gasteiger partial charge >= 0.3 is 0 Å². The van der Waals surface area contributed by atoms with Crippen LogP contribution >= 0.6 is 0 Å². The lowest BCUT2D eigenvalue weighted by Gasteiger charge is -2.55. The van der Waals surface area contributed by atoms with Crippen LogP contribution in [0.25, 0.3) is 5.57 Å². The molecule has 0 aromatic heterocycles. The largest absolute Gasteiger partial charge is 0.384 e. The third kappa shape index (κ3) is 3.78. The van der Waals surface area contributed by atoms with Gasteiger partial charge < -0.3 is 5.11 Å². The molecule has 1 N–H and O–H groups in total. The number of carbonyl (C=O) groups is 1. The number of ketones is 1. The zero-order valence-electron chi connectivity index (χ0n) is 19.5. The quantitative estimate of drug-likeness (QED) is 0.639. The molecule has 0 bridgehead atoms. The molecule has 1 aliphatic rings. The molecule has 3 rings (SSSR count). The van der Waals surface area contributed by atoms with Gasteiger partial charge in [0, 0.05) is 10.8 Å². The highest BCUT2D eigenvalue weighted by Crippen LogP contribution is 2.56. The van der Waals surface area contributed by atoms with Crippen LogP contribution in [0.3, 0.4) is 0 Å². The minimum Gasteiger partial charge on any atom is -0.384 e. The fraction of sp³-hybridized carbons (Fsp3) is 0.464. The van der Waals surface area contributed by atoms with E-state index in [2.05, 4.69) is 31.2 Å². The molecule has 2 nitrogen and oxygen atoms in total. The molecule has 0 spiro atoms. The molecule has 0 fully saturated rings. The number of carbonyl (C=O) groups excluding carboxylic acids is 1. The molecule has 0 radical (unpaired) electrons. The Labute approximate surface area is 182 Å². The molecule has 1 aliphatic carbocycles. The second-order valence-electron chi connectivity index (χ2n) is 11.1. The fourth-order valence-corrected chi connectivity index (χ4v) is 4.88. The molecule has 0 saturated carbocycles. The van der Waals surface area contributed by atoms with Gasteiger partial charge in [0.05, 0.1) is 11.5 Å². The van der Waals surface area contributed by atoms with E-state index in [-0.39, 0.29) is 5.78 Å². The van der Waals surface area contributed by atoms with Crippen LogP contribution in [0.4, 0.5) is 0 Å². The zero-order valence-corrected chi connectivity index (χ0v) is 19.5. The van der Waals surface area contributed by atoms with Crippen LogP contribution in [-0.2, 0) is 10.2 Å². The zero-order chi connectivity index (χ0) is 22.4. The highest BCUT2D eigenvalue weighted by Gasteiger charge is 2.60. The van der Waals surface area contributed by atoms with E-state index in [4.69, 9.17) is 0 Å². The molecule has 2 aromatic rings. The normalized spacial score (nSPS) is 27.5. The Morgan fingerprint density at radius 2 is 1.40 bits per heavy atom. The second-order valence-corrected chi connectivity index (χ2v) is 11.1. The summed E-state index contributed by atoms with van der Waals surface area (Å²) in [6, 6.07) is 20.5. The second kappa shape index (κ2) is 7.50. The summed E-state index contributed by atoms with van der Waals surface area (Å²) in [5.74, 6) is -0.450. The number of rotatable bonds is 3. The SMILES string of the molecule is CC(C)(C)C(=O)[C@@H]1[C@](C)(c2ccccc2)CC(c2ccccc2)=C[C@@]1(O)C(C)(C)C. The average molecular weight is 405 g/mol. The average Bonchev–Trinajstić information content (AvgIpc) is 2.67. The van der Waals surface area contributed by atoms with E-state index < -0.39 is 27.8 Å². The number of aliphatic hydroxyl groups is 1. The van der Waals surface area contributed by atoms with Crippen molar-refractivity contribution in [2.45, 2.75) is 65.9 Å². The highest BCUT2D eigenvalue weighted by atomic mass is 16.3. The van der Waals surface area contributed by atoms with Crippen LogP contribution in [0.2, 0.25) is 0 Å². The summed E-state index contributed by atoms with van der Waals surface area (Å²) in [5.41, 5.74) is 0.393. The van der Waals surface area contributed by atoms with E-state index in [1.54, 1.807) is 0 Å². The van der Waals surface area contributed by atoms with Crippen molar-refractivity contribution in [1.29, 1.82) is 0 Å². The third-order valence-electron chi connectivity index (χ3n) is 6.81. The van der Waals surface area contributed by atoms with Crippen molar-refractivity contribution in [1.82, 2.24) is 0 Å². The maximum absolute atomic E-state index is 13.9. The number of Topliss-reactive ketones (excluding diaryl/α,β-unsaturated/α-hetero) is 1. The highest BCUT2D eigenvalue weighted by molar-refractivity contribution is 5.91. The van der Waals surface area contributed by atoms with Gasteiger partial charge in [-0.1, -0.05) is 109 Å². The van der Waals surface area contributed by atoms with Crippen LogP contribution in [0.5, 0.6) is 0 Å². The van der Waals surface area contributed by atoms with E-state index in [1.807, 2.05) is 84.0 Å². The summed E-state index contributed by atoms with van der Waals surface area (Å²) in [7, 11) is 0. The lowest BCUT2D eigenvalue weighted by Crippen LogP contribution is -2.62. The number of hydrogen-bond acceptors (Lipinski definition) is 2. The van der Waals surface area contributed by atoms with E-state index in [1.165, 1.54) is 0 Å². The number of allylic oxidation sites excluding steroid dienone is 1. The molecule has 30 heavy (non-hydrogen) atoms. The molecule has 0 saturated heterocycles. The van der Waals surface area contributed by atoms with E-state index in [9.17, 15) is 9.90 Å². The molecular weight excluding hydrogens is 368 g/mol. The smallest absolute Gasteiger partial charge is 0.145 e. The summed E-state index contributed by atoms with van der Waals surface area (Å²) >= 11 is 0. The Morgan fingerprint density at radius 1 is 0.900 bits per heavy atom. The van der Waals surface area contributed by atoms with Crippen molar-refractivity contribution >= 4 is 11.4 Å². The van der Waals surface area contributed by atoms with E-state index >= 15 is 0 Å². The maximum atomic E-state index is 13.9. The molecule has 2 aromatic carbocycles. The molecular formula is C28H36O2. The van der Waals surface area contributed by atoms with Gasteiger partial charge in [-0.25, -0.2) is 0 Å². The first-order chi connectivity index (χ1) is 13.8. The predicted molar refractivity (Wildman–Crippen MR) is 125 cm³/mol. The van der Waals surface area contributed by atoms with Crippen molar-refractivity contribution in [2.24, 2.45) is 16.7 Å². The van der Waals surface area contributed by atoms with Gasteiger partial charge in [-0.15, -0.1) is 0 Å². The topological polar surface area (TPSA) is 37.3 Å². The summed E-state index contributed by atoms with van der Waals surface area (Å²) in [6.07, 6.45) is 2.69. The minimum absolute atomic E-state index is 0.106. The van der Waals surface area contributed by atoms with Crippen molar-refractivity contribution in [2.75, 3.05) is 0 Å². The molecule has 0 aliphatic heterocycles. The van der Waals surface area contributed by atoms with Gasteiger partial charge in [-0.05, 0) is 34.6 Å². The minimum atomic E-state index is -1.29. The first-order valence-corrected chi connectivity index (χ1v) is 10.9. The number of benzene rings is 2. The van der Waals surface area contributed by atoms with E-state index in [0.717, 1.165) is 16.7 Å². The van der Waals surface area contributed by atoms with Gasteiger partial charge in [-0.2, -0.15) is 0 Å². The molecule has 0 unspecified atom stereocenters. The number of hydrogen-bond donors (Lipinski definition) is 1. The van der Waals surface area contributed by atoms with Crippen molar-refractivity contribution in [3.05, 3.63) is 77.9 Å². The monoisotopic (exact) mass is 404 g/mol. The van der Waals surface area contributed by atoms with Gasteiger partial charge in [-0.3, -0.25) is 4.79 Å². The molecule has 2 heteroatoms. The molecule has 3 atom stereocenters. The Balaban J connectivity index is 2.34. The summed E-state index contributed by atoms with van der Waals surface area (Å²) in [5, 5.41) is 12.3. The van der Waals surface area contributed by atoms with Gasteiger partial charge in [0.2, 0.25) is 0 Å². The van der Waals surface area contributed by atoms with Crippen LogP contribution in [0, 0.1) is 16.7 Å². The summed E-state index contributed by atoms with van der Waals surface area (Å²) in [4.78, 5) is 13.9. The fourth-order valence-electron chi connectivity index (χ4n) is 4.88. The van der Waals surface area contributed by atoms with Crippen molar-refractivity contribution in [3.63, 3.8) is 0 Å². The van der Waals surface area contributed by atoms with Crippen LogP contribution in [0.15, 0.2) is 66.7 Å². The van der Waals surface area contributed by atoms with Crippen LogP contribution in [0.1, 0.15) is 66.0 Å². The predicted octanol–water partition coefficient (Wildman–Crippen LogP) is 6.44. The Hall–Kier alpha value is -2.19. The Morgan fingerprint density at radius 3 is 1.87 bits per heavy atom.